The first-order valence-corrected chi connectivity index (χ1v) is 8.30. The minimum atomic E-state index is 0.773. The lowest BCUT2D eigenvalue weighted by molar-refractivity contribution is 0.687. The number of halogens is 1. The summed E-state index contributed by atoms with van der Waals surface area (Å²) in [5.41, 5.74) is 2.70. The Kier molecular flexibility index (Phi) is 5.71. The van der Waals surface area contributed by atoms with Gasteiger partial charge in [0.05, 0.1) is 5.69 Å². The fraction of sp³-hybridized carbons (Fsp3) is 0.625. The third-order valence-electron chi connectivity index (χ3n) is 3.51. The number of anilines is 1. The maximum absolute atomic E-state index is 3.74. The van der Waals surface area contributed by atoms with Crippen molar-refractivity contribution in [3.05, 3.63) is 28.2 Å². The molecule has 1 aliphatic carbocycles. The molecule has 0 bridgehead atoms. The summed E-state index contributed by atoms with van der Waals surface area (Å²) in [7, 11) is 0. The van der Waals surface area contributed by atoms with Crippen LogP contribution in [0.4, 0.5) is 5.69 Å². The molecule has 0 radical (unpaired) electrons. The van der Waals surface area contributed by atoms with Gasteiger partial charge in [-0.15, -0.1) is 0 Å². The second-order valence-electron chi connectivity index (χ2n) is 5.43. The van der Waals surface area contributed by atoms with Crippen LogP contribution < -0.4 is 10.2 Å². The first-order chi connectivity index (χ1) is 9.24. The second-order valence-corrected chi connectivity index (χ2v) is 6.28. The van der Waals surface area contributed by atoms with Crippen molar-refractivity contribution < 1.29 is 0 Å². The Bertz CT molecular complexity index is 396. The van der Waals surface area contributed by atoms with E-state index in [0.717, 1.165) is 25.7 Å². The highest BCUT2D eigenvalue weighted by Gasteiger charge is 2.20. The summed E-state index contributed by atoms with van der Waals surface area (Å²) in [6.45, 7) is 7.73. The molecular formula is C16H25BrN2. The Morgan fingerprint density at radius 3 is 2.42 bits per heavy atom. The van der Waals surface area contributed by atoms with E-state index in [1.165, 1.54) is 41.4 Å². The van der Waals surface area contributed by atoms with Crippen LogP contribution in [-0.2, 0) is 6.54 Å². The first kappa shape index (κ1) is 14.9. The van der Waals surface area contributed by atoms with E-state index >= 15 is 0 Å². The number of hydrogen-bond donors (Lipinski definition) is 1. The lowest BCUT2D eigenvalue weighted by atomic mass is 10.2. The van der Waals surface area contributed by atoms with Crippen molar-refractivity contribution in [2.75, 3.05) is 18.0 Å². The molecule has 0 amide bonds. The molecule has 0 spiro atoms. The molecule has 1 N–H and O–H groups in total. The number of hydrogen-bond acceptors (Lipinski definition) is 2. The molecule has 0 saturated heterocycles. The second kappa shape index (κ2) is 7.30. The highest BCUT2D eigenvalue weighted by molar-refractivity contribution is 9.10. The first-order valence-electron chi connectivity index (χ1n) is 7.51. The zero-order chi connectivity index (χ0) is 13.7. The standard InChI is InChI=1S/C16H25BrN2/c1-3-9-19(10-4-2)16-8-5-13(11-15(16)17)12-18-14-6-7-14/h5,8,11,14,18H,3-4,6-7,9-10,12H2,1-2H3. The van der Waals surface area contributed by atoms with Gasteiger partial charge >= 0.3 is 0 Å². The summed E-state index contributed by atoms with van der Waals surface area (Å²) < 4.78 is 1.23. The van der Waals surface area contributed by atoms with Crippen LogP contribution in [0.15, 0.2) is 22.7 Å². The number of benzene rings is 1. The van der Waals surface area contributed by atoms with Gasteiger partial charge in [-0.3, -0.25) is 0 Å². The molecule has 1 aromatic rings. The smallest absolute Gasteiger partial charge is 0.0510 e. The van der Waals surface area contributed by atoms with Crippen LogP contribution in [0.25, 0.3) is 0 Å². The summed E-state index contributed by atoms with van der Waals surface area (Å²) in [6, 6.07) is 7.56. The van der Waals surface area contributed by atoms with Gasteiger partial charge < -0.3 is 10.2 Å². The van der Waals surface area contributed by atoms with E-state index in [9.17, 15) is 0 Å². The normalized spacial score (nSPS) is 14.7. The molecule has 0 unspecified atom stereocenters. The summed E-state index contributed by atoms with van der Waals surface area (Å²) >= 11 is 3.74. The molecule has 1 aromatic carbocycles. The molecule has 2 nitrogen and oxygen atoms in total. The van der Waals surface area contributed by atoms with Crippen LogP contribution in [0.3, 0.4) is 0 Å². The van der Waals surface area contributed by atoms with Crippen LogP contribution in [0.1, 0.15) is 45.1 Å². The quantitative estimate of drug-likeness (QED) is 0.765. The van der Waals surface area contributed by atoms with Crippen molar-refractivity contribution in [1.29, 1.82) is 0 Å². The maximum atomic E-state index is 3.74. The Hall–Kier alpha value is -0.540. The van der Waals surface area contributed by atoms with Crippen LogP contribution in [0, 0.1) is 0 Å². The molecular weight excluding hydrogens is 300 g/mol. The number of nitrogens with zero attached hydrogens (tertiary/aromatic N) is 1. The third-order valence-corrected chi connectivity index (χ3v) is 4.15. The predicted molar refractivity (Wildman–Crippen MR) is 86.8 cm³/mol. The van der Waals surface area contributed by atoms with Crippen LogP contribution in [0.2, 0.25) is 0 Å². The predicted octanol–water partition coefficient (Wildman–Crippen LogP) is 4.33. The largest absolute Gasteiger partial charge is 0.371 e. The molecule has 1 aliphatic rings. The minimum Gasteiger partial charge on any atom is -0.371 e. The van der Waals surface area contributed by atoms with Crippen LogP contribution >= 0.6 is 15.9 Å². The Labute approximate surface area is 125 Å². The molecule has 106 valence electrons. The van der Waals surface area contributed by atoms with Gasteiger partial charge in [-0.25, -0.2) is 0 Å². The topological polar surface area (TPSA) is 15.3 Å². The zero-order valence-corrected chi connectivity index (χ0v) is 13.7. The lowest BCUT2D eigenvalue weighted by Gasteiger charge is -2.25. The van der Waals surface area contributed by atoms with Gasteiger partial charge in [0.1, 0.15) is 0 Å². The van der Waals surface area contributed by atoms with E-state index in [1.807, 2.05) is 0 Å². The highest BCUT2D eigenvalue weighted by atomic mass is 79.9. The number of nitrogens with one attached hydrogen (secondary N) is 1. The Morgan fingerprint density at radius 2 is 1.89 bits per heavy atom. The fourth-order valence-electron chi connectivity index (χ4n) is 2.36. The Morgan fingerprint density at radius 1 is 1.21 bits per heavy atom. The van der Waals surface area contributed by atoms with Gasteiger partial charge in [-0.05, 0) is 59.3 Å². The molecule has 19 heavy (non-hydrogen) atoms. The Balaban J connectivity index is 2.02. The van der Waals surface area contributed by atoms with E-state index in [2.05, 4.69) is 58.2 Å². The summed E-state index contributed by atoms with van der Waals surface area (Å²) in [6.07, 6.45) is 5.08. The number of rotatable bonds is 8. The van der Waals surface area contributed by atoms with Crippen molar-refractivity contribution in [1.82, 2.24) is 5.32 Å². The van der Waals surface area contributed by atoms with Crippen molar-refractivity contribution in [2.45, 2.75) is 52.1 Å². The maximum Gasteiger partial charge on any atom is 0.0510 e. The van der Waals surface area contributed by atoms with Crippen LogP contribution in [-0.4, -0.2) is 19.1 Å². The van der Waals surface area contributed by atoms with Crippen molar-refractivity contribution >= 4 is 21.6 Å². The van der Waals surface area contributed by atoms with E-state index in [0.29, 0.717) is 0 Å². The molecule has 1 saturated carbocycles. The summed E-state index contributed by atoms with van der Waals surface area (Å²) in [4.78, 5) is 2.47. The molecule has 0 atom stereocenters. The van der Waals surface area contributed by atoms with E-state index in [1.54, 1.807) is 0 Å². The minimum absolute atomic E-state index is 0.773. The molecule has 0 heterocycles. The highest BCUT2D eigenvalue weighted by Crippen LogP contribution is 2.28. The monoisotopic (exact) mass is 324 g/mol. The van der Waals surface area contributed by atoms with Gasteiger partial charge in [-0.1, -0.05) is 19.9 Å². The van der Waals surface area contributed by atoms with Gasteiger partial charge in [0, 0.05) is 30.1 Å². The third kappa shape index (κ3) is 4.50. The zero-order valence-electron chi connectivity index (χ0n) is 12.1. The molecule has 0 aliphatic heterocycles. The average Bonchev–Trinajstić information content (AvgIpc) is 3.20. The average molecular weight is 325 g/mol. The van der Waals surface area contributed by atoms with Gasteiger partial charge in [0.25, 0.3) is 0 Å². The summed E-state index contributed by atoms with van der Waals surface area (Å²) in [5, 5.41) is 3.56. The fourth-order valence-corrected chi connectivity index (χ4v) is 3.04. The lowest BCUT2D eigenvalue weighted by Crippen LogP contribution is -2.25. The molecule has 2 rings (SSSR count). The molecule has 1 fully saturated rings. The van der Waals surface area contributed by atoms with Gasteiger partial charge in [0.2, 0.25) is 0 Å². The van der Waals surface area contributed by atoms with Gasteiger partial charge in [0.15, 0.2) is 0 Å². The van der Waals surface area contributed by atoms with E-state index in [4.69, 9.17) is 0 Å². The van der Waals surface area contributed by atoms with E-state index in [-0.39, 0.29) is 0 Å². The van der Waals surface area contributed by atoms with Crippen molar-refractivity contribution in [3.8, 4) is 0 Å². The summed E-state index contributed by atoms with van der Waals surface area (Å²) in [5.74, 6) is 0. The van der Waals surface area contributed by atoms with Crippen LogP contribution in [0.5, 0.6) is 0 Å². The van der Waals surface area contributed by atoms with E-state index < -0.39 is 0 Å². The molecule has 0 aromatic heterocycles. The van der Waals surface area contributed by atoms with Gasteiger partial charge in [-0.2, -0.15) is 0 Å². The van der Waals surface area contributed by atoms with Crippen molar-refractivity contribution in [3.63, 3.8) is 0 Å². The molecule has 3 heteroatoms. The SMILES string of the molecule is CCCN(CCC)c1ccc(CNC2CC2)cc1Br. The van der Waals surface area contributed by atoms with Crippen molar-refractivity contribution in [2.24, 2.45) is 0 Å².